The first-order valence-corrected chi connectivity index (χ1v) is 2.92. The maximum atomic E-state index is 10.7. The van der Waals surface area contributed by atoms with Crippen LogP contribution in [0.3, 0.4) is 0 Å². The fourth-order valence-electron chi connectivity index (χ4n) is 0.656. The first-order valence-electron chi connectivity index (χ1n) is 2.92. The normalized spacial score (nSPS) is 8.42. The summed E-state index contributed by atoms with van der Waals surface area (Å²) < 4.78 is 0. The van der Waals surface area contributed by atoms with Crippen LogP contribution in [0.15, 0.2) is 30.3 Å². The molecule has 0 atom stereocenters. The van der Waals surface area contributed by atoms with E-state index < -0.39 is 5.97 Å². The molecule has 4 nitrogen and oxygen atoms in total. The van der Waals surface area contributed by atoms with Crippen LogP contribution >= 0.6 is 0 Å². The number of benzene rings is 1. The van der Waals surface area contributed by atoms with E-state index in [1.165, 1.54) is 0 Å². The first kappa shape index (κ1) is 11.6. The Balaban J connectivity index is 0.00000121. The standard InChI is InChI=1S/C7H6O4.Na.H/c8-7(10-11-9)6-4-2-1-3-5-6;;/h1-5,9H;;. The van der Waals surface area contributed by atoms with Crippen molar-refractivity contribution >= 4 is 35.5 Å². The van der Waals surface area contributed by atoms with Gasteiger partial charge in [0.2, 0.25) is 0 Å². The number of hydrogen-bond donors (Lipinski definition) is 1. The second-order valence-electron chi connectivity index (χ2n) is 1.81. The molecule has 60 valence electrons. The zero-order valence-corrected chi connectivity index (χ0v) is 5.56. The van der Waals surface area contributed by atoms with Crippen molar-refractivity contribution in [2.75, 3.05) is 0 Å². The summed E-state index contributed by atoms with van der Waals surface area (Å²) in [6.07, 6.45) is 0. The van der Waals surface area contributed by atoms with Gasteiger partial charge in [-0.2, -0.15) is 0 Å². The SMILES string of the molecule is O=C(OOO)c1ccccc1.[NaH]. The zero-order valence-electron chi connectivity index (χ0n) is 5.56. The van der Waals surface area contributed by atoms with E-state index in [1.54, 1.807) is 30.3 Å². The molecular weight excluding hydrogens is 171 g/mol. The molecule has 1 aromatic rings. The summed E-state index contributed by atoms with van der Waals surface area (Å²) in [6, 6.07) is 8.20. The summed E-state index contributed by atoms with van der Waals surface area (Å²) in [4.78, 5) is 14.6. The maximum absolute atomic E-state index is 10.7. The zero-order chi connectivity index (χ0) is 8.10. The fraction of sp³-hybridized carbons (Fsp3) is 0. The van der Waals surface area contributed by atoms with Gasteiger partial charge in [0.25, 0.3) is 0 Å². The Morgan fingerprint density at radius 1 is 1.25 bits per heavy atom. The predicted octanol–water partition coefficient (Wildman–Crippen LogP) is 0.599. The van der Waals surface area contributed by atoms with Crippen molar-refractivity contribution in [1.29, 1.82) is 0 Å². The second kappa shape index (κ2) is 6.16. The van der Waals surface area contributed by atoms with E-state index in [2.05, 4.69) is 9.93 Å². The first-order chi connectivity index (χ1) is 5.34. The van der Waals surface area contributed by atoms with Crippen LogP contribution in [0.4, 0.5) is 0 Å². The molecule has 12 heavy (non-hydrogen) atoms. The molecule has 0 fully saturated rings. The molecule has 1 rings (SSSR count). The molecule has 0 radical (unpaired) electrons. The number of rotatable bonds is 2. The van der Waals surface area contributed by atoms with E-state index in [4.69, 9.17) is 5.26 Å². The van der Waals surface area contributed by atoms with Crippen LogP contribution in [0.1, 0.15) is 10.4 Å². The number of carbonyl (C=O) groups is 1. The van der Waals surface area contributed by atoms with Gasteiger partial charge in [0.05, 0.1) is 5.56 Å². The Hall–Kier alpha value is -0.390. The Bertz CT molecular complexity index is 236. The summed E-state index contributed by atoms with van der Waals surface area (Å²) in [7, 11) is 0. The van der Waals surface area contributed by atoms with Crippen LogP contribution in [0.2, 0.25) is 0 Å². The van der Waals surface area contributed by atoms with Gasteiger partial charge in [-0.3, -0.25) is 4.89 Å². The van der Waals surface area contributed by atoms with Crippen molar-refractivity contribution in [3.05, 3.63) is 35.9 Å². The third kappa shape index (κ3) is 3.34. The van der Waals surface area contributed by atoms with Gasteiger partial charge in [0.15, 0.2) is 0 Å². The van der Waals surface area contributed by atoms with Gasteiger partial charge in [-0.1, -0.05) is 18.2 Å². The quantitative estimate of drug-likeness (QED) is 0.409. The van der Waals surface area contributed by atoms with E-state index in [0.29, 0.717) is 5.56 Å². The Kier molecular flexibility index (Phi) is 5.96. The molecule has 0 saturated heterocycles. The molecule has 0 aromatic heterocycles. The van der Waals surface area contributed by atoms with Gasteiger partial charge >= 0.3 is 35.5 Å². The minimum absolute atomic E-state index is 0. The average molecular weight is 178 g/mol. The molecule has 0 bridgehead atoms. The van der Waals surface area contributed by atoms with Crippen molar-refractivity contribution in [3.8, 4) is 0 Å². The summed E-state index contributed by atoms with van der Waals surface area (Å²) in [6.45, 7) is 0. The molecule has 0 heterocycles. The topological polar surface area (TPSA) is 55.8 Å². The van der Waals surface area contributed by atoms with Gasteiger partial charge < -0.3 is 0 Å². The van der Waals surface area contributed by atoms with E-state index in [0.717, 1.165) is 0 Å². The van der Waals surface area contributed by atoms with E-state index >= 15 is 0 Å². The predicted molar refractivity (Wildman–Crippen MR) is 42.7 cm³/mol. The Morgan fingerprint density at radius 2 is 1.83 bits per heavy atom. The molecule has 5 heteroatoms. The molecule has 1 aromatic carbocycles. The van der Waals surface area contributed by atoms with Crippen LogP contribution in [0.25, 0.3) is 0 Å². The van der Waals surface area contributed by atoms with Crippen LogP contribution in [-0.4, -0.2) is 40.8 Å². The summed E-state index contributed by atoms with van der Waals surface area (Å²) in [5.41, 5.74) is 0.321. The molecule has 0 aliphatic carbocycles. The number of carbonyl (C=O) groups excluding carboxylic acids is 1. The summed E-state index contributed by atoms with van der Waals surface area (Å²) >= 11 is 0. The van der Waals surface area contributed by atoms with E-state index in [1.807, 2.05) is 0 Å². The van der Waals surface area contributed by atoms with Crippen molar-refractivity contribution in [2.24, 2.45) is 0 Å². The third-order valence-electron chi connectivity index (χ3n) is 1.12. The van der Waals surface area contributed by atoms with Gasteiger partial charge in [-0.15, -0.1) is 0 Å². The monoisotopic (exact) mass is 178 g/mol. The van der Waals surface area contributed by atoms with Crippen molar-refractivity contribution < 1.29 is 20.0 Å². The van der Waals surface area contributed by atoms with E-state index in [9.17, 15) is 4.79 Å². The minimum atomic E-state index is -0.729. The fourth-order valence-corrected chi connectivity index (χ4v) is 0.656. The Morgan fingerprint density at radius 3 is 2.33 bits per heavy atom. The van der Waals surface area contributed by atoms with Crippen LogP contribution in [0, 0.1) is 0 Å². The molecule has 0 unspecified atom stereocenters. The summed E-state index contributed by atoms with van der Waals surface area (Å²) in [5, 5.41) is 11.0. The van der Waals surface area contributed by atoms with Gasteiger partial charge in [0, 0.05) is 0 Å². The van der Waals surface area contributed by atoms with Crippen LogP contribution in [-0.2, 0) is 9.93 Å². The van der Waals surface area contributed by atoms with Gasteiger partial charge in [-0.05, 0) is 17.2 Å². The molecule has 0 saturated carbocycles. The molecule has 0 aliphatic rings. The molecule has 0 amide bonds. The molecular formula is C7H7NaO4. The van der Waals surface area contributed by atoms with Crippen molar-refractivity contribution in [1.82, 2.24) is 0 Å². The molecule has 0 spiro atoms. The number of hydrogen-bond acceptors (Lipinski definition) is 4. The van der Waals surface area contributed by atoms with E-state index in [-0.39, 0.29) is 29.6 Å². The summed E-state index contributed by atoms with van der Waals surface area (Å²) in [5.74, 6) is -0.729. The average Bonchev–Trinajstić information content (AvgIpc) is 2.07. The van der Waals surface area contributed by atoms with Gasteiger partial charge in [-0.25, -0.2) is 10.1 Å². The van der Waals surface area contributed by atoms with Gasteiger partial charge in [0.1, 0.15) is 0 Å². The van der Waals surface area contributed by atoms with Crippen LogP contribution in [0.5, 0.6) is 0 Å². The molecule has 0 aliphatic heterocycles. The van der Waals surface area contributed by atoms with Crippen molar-refractivity contribution in [3.63, 3.8) is 0 Å². The van der Waals surface area contributed by atoms with Crippen LogP contribution < -0.4 is 0 Å². The van der Waals surface area contributed by atoms with Crippen molar-refractivity contribution in [2.45, 2.75) is 0 Å². The molecule has 1 N–H and O–H groups in total. The third-order valence-corrected chi connectivity index (χ3v) is 1.12. The Labute approximate surface area is 91.3 Å². The second-order valence-corrected chi connectivity index (χ2v) is 1.81.